The molecule has 0 fully saturated rings. The quantitative estimate of drug-likeness (QED) is 0.372. The maximum atomic E-state index is 13.5. The molecule has 0 aliphatic heterocycles. The molecule has 0 atom stereocenters. The van der Waals surface area contributed by atoms with Gasteiger partial charge in [0.1, 0.15) is 12.3 Å². The van der Waals surface area contributed by atoms with Gasteiger partial charge in [0.2, 0.25) is 0 Å². The predicted molar refractivity (Wildman–Crippen MR) is 128 cm³/mol. The van der Waals surface area contributed by atoms with Gasteiger partial charge >= 0.3 is 0 Å². The van der Waals surface area contributed by atoms with Crippen LogP contribution in [-0.2, 0) is 14.8 Å². The van der Waals surface area contributed by atoms with Crippen molar-refractivity contribution in [3.8, 4) is 5.75 Å². The standard InChI is InChI=1S/C22H22ClN3O4S2/c1-15-6-9-18(10-7-15)32(28,29)26(19-13-17(23)8-11-20(19)30-3)14-22(27)25-24-16(2)21-5-4-12-31-21/h4-13H,14H2,1-3H3,(H,25,27)/b24-16+. The Morgan fingerprint density at radius 2 is 1.91 bits per heavy atom. The molecule has 7 nitrogen and oxygen atoms in total. The number of methoxy groups -OCH3 is 1. The number of aryl methyl sites for hydroxylation is 1. The van der Waals surface area contributed by atoms with Gasteiger partial charge in [0.05, 0.1) is 23.4 Å². The van der Waals surface area contributed by atoms with E-state index < -0.39 is 22.5 Å². The van der Waals surface area contributed by atoms with E-state index in [0.717, 1.165) is 14.7 Å². The minimum atomic E-state index is -4.11. The van der Waals surface area contributed by atoms with Crippen LogP contribution in [-0.4, -0.2) is 33.7 Å². The zero-order chi connectivity index (χ0) is 23.3. The molecule has 3 rings (SSSR count). The van der Waals surface area contributed by atoms with Gasteiger partial charge in [-0.25, -0.2) is 13.8 Å². The molecule has 32 heavy (non-hydrogen) atoms. The number of amides is 1. The summed E-state index contributed by atoms with van der Waals surface area (Å²) in [6.45, 7) is 3.09. The van der Waals surface area contributed by atoms with Crippen molar-refractivity contribution in [1.29, 1.82) is 0 Å². The second-order valence-corrected chi connectivity index (χ2v) is 10.1. The lowest BCUT2D eigenvalue weighted by atomic mass is 10.2. The lowest BCUT2D eigenvalue weighted by Crippen LogP contribution is -2.40. The summed E-state index contributed by atoms with van der Waals surface area (Å²) in [6.07, 6.45) is 0. The van der Waals surface area contributed by atoms with Crippen LogP contribution in [0.2, 0.25) is 5.02 Å². The van der Waals surface area contributed by atoms with Crippen molar-refractivity contribution in [2.45, 2.75) is 18.7 Å². The summed E-state index contributed by atoms with van der Waals surface area (Å²) in [5, 5.41) is 6.29. The van der Waals surface area contributed by atoms with Crippen molar-refractivity contribution in [1.82, 2.24) is 5.43 Å². The Kier molecular flexibility index (Phi) is 7.55. The zero-order valence-electron chi connectivity index (χ0n) is 17.7. The topological polar surface area (TPSA) is 88.1 Å². The average Bonchev–Trinajstić information content (AvgIpc) is 3.31. The SMILES string of the molecule is COc1ccc(Cl)cc1N(CC(=O)N/N=C(\C)c1cccs1)S(=O)(=O)c1ccc(C)cc1. The summed E-state index contributed by atoms with van der Waals surface area (Å²) in [4.78, 5) is 13.7. The molecular weight excluding hydrogens is 470 g/mol. The smallest absolute Gasteiger partial charge is 0.264 e. The van der Waals surface area contributed by atoms with Crippen molar-refractivity contribution in [3.05, 3.63) is 75.4 Å². The molecule has 168 valence electrons. The number of sulfonamides is 1. The van der Waals surface area contributed by atoms with Gasteiger partial charge in [-0.05, 0) is 55.6 Å². The van der Waals surface area contributed by atoms with Crippen molar-refractivity contribution in [3.63, 3.8) is 0 Å². The number of rotatable bonds is 8. The van der Waals surface area contributed by atoms with E-state index in [1.807, 2.05) is 24.4 Å². The number of nitrogens with zero attached hydrogens (tertiary/aromatic N) is 2. The van der Waals surface area contributed by atoms with E-state index in [-0.39, 0.29) is 16.3 Å². The number of hydrogen-bond acceptors (Lipinski definition) is 6. The Morgan fingerprint density at radius 1 is 1.19 bits per heavy atom. The summed E-state index contributed by atoms with van der Waals surface area (Å²) < 4.78 is 33.3. The van der Waals surface area contributed by atoms with Crippen LogP contribution in [0.5, 0.6) is 5.75 Å². The van der Waals surface area contributed by atoms with E-state index in [2.05, 4.69) is 10.5 Å². The van der Waals surface area contributed by atoms with E-state index in [0.29, 0.717) is 10.7 Å². The highest BCUT2D eigenvalue weighted by molar-refractivity contribution is 7.92. The number of halogens is 1. The molecule has 1 aromatic heterocycles. The van der Waals surface area contributed by atoms with Gasteiger partial charge in [0.25, 0.3) is 15.9 Å². The lowest BCUT2D eigenvalue weighted by molar-refractivity contribution is -0.119. The zero-order valence-corrected chi connectivity index (χ0v) is 20.1. The van der Waals surface area contributed by atoms with Gasteiger partial charge in [-0.1, -0.05) is 35.4 Å². The molecule has 1 N–H and O–H groups in total. The summed E-state index contributed by atoms with van der Waals surface area (Å²) in [5.41, 5.74) is 4.10. The molecule has 0 bridgehead atoms. The van der Waals surface area contributed by atoms with Crippen molar-refractivity contribution in [2.75, 3.05) is 18.0 Å². The van der Waals surface area contributed by atoms with E-state index in [1.54, 1.807) is 31.2 Å². The van der Waals surface area contributed by atoms with Crippen LogP contribution in [0.15, 0.2) is 70.0 Å². The van der Waals surface area contributed by atoms with Crippen molar-refractivity contribution < 1.29 is 17.9 Å². The number of benzene rings is 2. The van der Waals surface area contributed by atoms with Gasteiger partial charge in [0.15, 0.2) is 0 Å². The van der Waals surface area contributed by atoms with Crippen LogP contribution in [0.25, 0.3) is 0 Å². The Bertz CT molecular complexity index is 1220. The second kappa shape index (κ2) is 10.2. The van der Waals surface area contributed by atoms with E-state index in [9.17, 15) is 13.2 Å². The first kappa shape index (κ1) is 23.8. The Morgan fingerprint density at radius 3 is 2.53 bits per heavy atom. The molecule has 0 aliphatic rings. The average molecular weight is 492 g/mol. The normalized spacial score (nSPS) is 11.8. The maximum absolute atomic E-state index is 13.5. The predicted octanol–water partition coefficient (Wildman–Crippen LogP) is 4.45. The third-order valence-corrected chi connectivity index (χ3v) is 7.52. The van der Waals surface area contributed by atoms with E-state index in [1.165, 1.54) is 36.6 Å². The third kappa shape index (κ3) is 5.48. The third-order valence-electron chi connectivity index (χ3n) is 4.53. The van der Waals surface area contributed by atoms with Crippen LogP contribution in [0.4, 0.5) is 5.69 Å². The molecule has 3 aromatic rings. The highest BCUT2D eigenvalue weighted by Crippen LogP contribution is 2.34. The molecule has 0 saturated heterocycles. The molecule has 1 heterocycles. The van der Waals surface area contributed by atoms with Gasteiger partial charge in [-0.15, -0.1) is 11.3 Å². The van der Waals surface area contributed by atoms with Gasteiger partial charge in [0, 0.05) is 9.90 Å². The van der Waals surface area contributed by atoms with Crippen LogP contribution >= 0.6 is 22.9 Å². The summed E-state index contributed by atoms with van der Waals surface area (Å²) in [6, 6.07) is 14.7. The minimum absolute atomic E-state index is 0.0381. The highest BCUT2D eigenvalue weighted by Gasteiger charge is 2.29. The number of hydrazone groups is 1. The number of carbonyl (C=O) groups is 1. The van der Waals surface area contributed by atoms with Crippen LogP contribution in [0, 0.1) is 6.92 Å². The molecule has 0 spiro atoms. The van der Waals surface area contributed by atoms with E-state index in [4.69, 9.17) is 16.3 Å². The Labute approximate surface area is 196 Å². The van der Waals surface area contributed by atoms with Crippen LogP contribution < -0.4 is 14.5 Å². The monoisotopic (exact) mass is 491 g/mol. The molecular formula is C22H22ClN3O4S2. The first-order valence-electron chi connectivity index (χ1n) is 9.52. The molecule has 1 amide bonds. The Balaban J connectivity index is 1.97. The first-order chi connectivity index (χ1) is 15.2. The Hall–Kier alpha value is -2.88. The van der Waals surface area contributed by atoms with Gasteiger partial charge in [-0.2, -0.15) is 5.10 Å². The molecule has 0 unspecified atom stereocenters. The molecule has 0 radical (unpaired) electrons. The van der Waals surface area contributed by atoms with Gasteiger partial charge in [-0.3, -0.25) is 9.10 Å². The fourth-order valence-corrected chi connectivity index (χ4v) is 5.11. The minimum Gasteiger partial charge on any atom is -0.495 e. The maximum Gasteiger partial charge on any atom is 0.264 e. The fourth-order valence-electron chi connectivity index (χ4n) is 2.85. The van der Waals surface area contributed by atoms with Crippen molar-refractivity contribution >= 4 is 50.3 Å². The van der Waals surface area contributed by atoms with E-state index >= 15 is 0 Å². The number of hydrogen-bond donors (Lipinski definition) is 1. The number of carbonyl (C=O) groups excluding carboxylic acids is 1. The second-order valence-electron chi connectivity index (χ2n) is 6.85. The number of nitrogens with one attached hydrogen (secondary N) is 1. The highest BCUT2D eigenvalue weighted by atomic mass is 35.5. The number of ether oxygens (including phenoxy) is 1. The summed E-state index contributed by atoms with van der Waals surface area (Å²) in [5.74, 6) is -0.352. The van der Waals surface area contributed by atoms with Crippen molar-refractivity contribution in [2.24, 2.45) is 5.10 Å². The first-order valence-corrected chi connectivity index (χ1v) is 12.2. The molecule has 10 heteroatoms. The summed E-state index contributed by atoms with van der Waals surface area (Å²) in [7, 11) is -2.69. The van der Waals surface area contributed by atoms with Gasteiger partial charge < -0.3 is 4.74 Å². The lowest BCUT2D eigenvalue weighted by Gasteiger charge is -2.25. The molecule has 2 aromatic carbocycles. The fraction of sp³-hybridized carbons (Fsp3) is 0.182. The number of anilines is 1. The number of thiophene rings is 1. The molecule has 0 aliphatic carbocycles. The van der Waals surface area contributed by atoms with Crippen LogP contribution in [0.3, 0.4) is 0 Å². The largest absolute Gasteiger partial charge is 0.495 e. The van der Waals surface area contributed by atoms with Crippen LogP contribution in [0.1, 0.15) is 17.4 Å². The molecule has 0 saturated carbocycles. The summed E-state index contributed by atoms with van der Waals surface area (Å²) >= 11 is 7.62.